The van der Waals surface area contributed by atoms with Gasteiger partial charge >= 0.3 is 0 Å². The molecule has 0 amide bonds. The van der Waals surface area contributed by atoms with E-state index in [1.54, 1.807) is 0 Å². The molecule has 1 aromatic carbocycles. The van der Waals surface area contributed by atoms with Crippen LogP contribution in [0.2, 0.25) is 0 Å². The van der Waals surface area contributed by atoms with Crippen molar-refractivity contribution in [1.29, 1.82) is 0 Å². The number of ketones is 1. The van der Waals surface area contributed by atoms with Crippen LogP contribution in [0.3, 0.4) is 0 Å². The van der Waals surface area contributed by atoms with Crippen LogP contribution in [0, 0.1) is 12.7 Å². The van der Waals surface area contributed by atoms with Gasteiger partial charge in [0.2, 0.25) is 17.8 Å². The number of nitrogens with two attached hydrogens (primary N) is 1. The summed E-state index contributed by atoms with van der Waals surface area (Å²) in [6, 6.07) is 7.76. The summed E-state index contributed by atoms with van der Waals surface area (Å²) >= 11 is 0. The number of aryl methyl sites for hydroxylation is 1. The third-order valence-electron chi connectivity index (χ3n) is 4.71. The molecule has 0 atom stereocenters. The van der Waals surface area contributed by atoms with Crippen LogP contribution in [-0.2, 0) is 4.79 Å². The van der Waals surface area contributed by atoms with Crippen LogP contribution in [0.1, 0.15) is 37.6 Å². The Morgan fingerprint density at radius 2 is 1.76 bits per heavy atom. The number of hydrogen-bond donors (Lipinski definition) is 1. The van der Waals surface area contributed by atoms with Gasteiger partial charge in [-0.15, -0.1) is 0 Å². The van der Waals surface area contributed by atoms with Crippen molar-refractivity contribution < 1.29 is 31.5 Å². The molecule has 0 saturated carbocycles. The first-order valence-corrected chi connectivity index (χ1v) is 10.2. The Bertz CT molecular complexity index is 1180. The second kappa shape index (κ2) is 10.1. The van der Waals surface area contributed by atoms with E-state index in [1.165, 1.54) is 37.3 Å². The monoisotopic (exact) mass is 480 g/mol. The standard InChI is InChI=1S/C23H21F5N4O2/c1-12-9-14(10-17(30-12)20(25)26)18-19(13-3-5-15(24)6-4-13)31-22(29)32-21(18)34-11-16(33)7-8-23(2,27)28/h3-6,9-10,20H,7-8,11H2,1-2H3,(H2,29,31,32). The summed E-state index contributed by atoms with van der Waals surface area (Å²) in [7, 11) is 0. The average molecular weight is 480 g/mol. The zero-order chi connectivity index (χ0) is 25.0. The van der Waals surface area contributed by atoms with Gasteiger partial charge in [-0.05, 0) is 55.8 Å². The number of anilines is 1. The molecule has 2 heterocycles. The number of nitrogen functional groups attached to an aromatic ring is 1. The SMILES string of the molecule is Cc1cc(-c2c(OCC(=O)CCC(C)(F)F)nc(N)nc2-c2ccc(F)cc2)cc(C(F)F)n1. The van der Waals surface area contributed by atoms with Crippen molar-refractivity contribution in [3.05, 3.63) is 53.6 Å². The number of rotatable bonds is 9. The fraction of sp³-hybridized carbons (Fsp3) is 0.304. The molecule has 0 aliphatic heterocycles. The Labute approximate surface area is 192 Å². The van der Waals surface area contributed by atoms with Gasteiger partial charge in [-0.1, -0.05) is 0 Å². The van der Waals surface area contributed by atoms with E-state index >= 15 is 0 Å². The van der Waals surface area contributed by atoms with Crippen molar-refractivity contribution in [2.24, 2.45) is 0 Å². The van der Waals surface area contributed by atoms with Crippen LogP contribution in [0.4, 0.5) is 27.9 Å². The third kappa shape index (κ3) is 6.46. The summed E-state index contributed by atoms with van der Waals surface area (Å²) in [4.78, 5) is 24.1. The first-order valence-electron chi connectivity index (χ1n) is 10.2. The Kier molecular flexibility index (Phi) is 7.43. The molecule has 0 spiro atoms. The summed E-state index contributed by atoms with van der Waals surface area (Å²) < 4.78 is 72.0. The highest BCUT2D eigenvalue weighted by atomic mass is 19.3. The Morgan fingerprint density at radius 1 is 1.09 bits per heavy atom. The average Bonchev–Trinajstić information content (AvgIpc) is 2.75. The number of Topliss-reactive ketones (excluding diaryl/α,β-unsaturated/α-hetero) is 1. The van der Waals surface area contributed by atoms with Gasteiger partial charge in [0, 0.05) is 24.1 Å². The van der Waals surface area contributed by atoms with E-state index in [0.717, 1.165) is 6.07 Å². The van der Waals surface area contributed by atoms with E-state index in [1.807, 2.05) is 0 Å². The highest BCUT2D eigenvalue weighted by Crippen LogP contribution is 2.39. The summed E-state index contributed by atoms with van der Waals surface area (Å²) in [6.45, 7) is 1.61. The molecule has 0 fully saturated rings. The van der Waals surface area contributed by atoms with Crippen molar-refractivity contribution in [2.75, 3.05) is 12.3 Å². The minimum atomic E-state index is -3.02. The van der Waals surface area contributed by atoms with Crippen LogP contribution < -0.4 is 10.5 Å². The molecule has 0 aliphatic carbocycles. The number of benzene rings is 1. The van der Waals surface area contributed by atoms with E-state index < -0.39 is 49.1 Å². The zero-order valence-corrected chi connectivity index (χ0v) is 18.3. The zero-order valence-electron chi connectivity index (χ0n) is 18.3. The van der Waals surface area contributed by atoms with Crippen molar-refractivity contribution >= 4 is 11.7 Å². The number of nitrogens with zero attached hydrogens (tertiary/aromatic N) is 3. The first-order chi connectivity index (χ1) is 15.9. The molecule has 0 radical (unpaired) electrons. The van der Waals surface area contributed by atoms with Crippen LogP contribution in [0.5, 0.6) is 5.88 Å². The number of carbonyl (C=O) groups is 1. The van der Waals surface area contributed by atoms with Gasteiger partial charge in [-0.25, -0.2) is 26.9 Å². The smallest absolute Gasteiger partial charge is 0.280 e. The fourth-order valence-electron chi connectivity index (χ4n) is 3.17. The summed E-state index contributed by atoms with van der Waals surface area (Å²) in [5, 5.41) is 0. The number of halogens is 5. The highest BCUT2D eigenvalue weighted by molar-refractivity contribution is 5.86. The minimum Gasteiger partial charge on any atom is -0.469 e. The van der Waals surface area contributed by atoms with Crippen molar-refractivity contribution in [3.63, 3.8) is 0 Å². The molecular weight excluding hydrogens is 459 g/mol. The van der Waals surface area contributed by atoms with Gasteiger partial charge in [-0.2, -0.15) is 4.98 Å². The Morgan fingerprint density at radius 3 is 2.38 bits per heavy atom. The molecule has 2 aromatic heterocycles. The van der Waals surface area contributed by atoms with E-state index in [9.17, 15) is 26.7 Å². The van der Waals surface area contributed by atoms with Gasteiger partial charge in [0.15, 0.2) is 5.78 Å². The first kappa shape index (κ1) is 25.0. The van der Waals surface area contributed by atoms with Crippen molar-refractivity contribution in [1.82, 2.24) is 15.0 Å². The van der Waals surface area contributed by atoms with Gasteiger partial charge in [-0.3, -0.25) is 9.78 Å². The lowest BCUT2D eigenvalue weighted by molar-refractivity contribution is -0.122. The van der Waals surface area contributed by atoms with Crippen LogP contribution in [0.15, 0.2) is 36.4 Å². The minimum absolute atomic E-state index is 0.113. The Hall–Kier alpha value is -3.63. The van der Waals surface area contributed by atoms with E-state index in [-0.39, 0.29) is 34.3 Å². The molecule has 0 unspecified atom stereocenters. The maximum atomic E-state index is 13.5. The number of aromatic nitrogens is 3. The fourth-order valence-corrected chi connectivity index (χ4v) is 3.17. The molecule has 34 heavy (non-hydrogen) atoms. The predicted molar refractivity (Wildman–Crippen MR) is 115 cm³/mol. The number of alkyl halides is 4. The second-order valence-corrected chi connectivity index (χ2v) is 7.74. The maximum absolute atomic E-state index is 13.5. The predicted octanol–water partition coefficient (Wildman–Crippen LogP) is 5.56. The molecule has 3 rings (SSSR count). The lowest BCUT2D eigenvalue weighted by Gasteiger charge is -2.16. The molecule has 2 N–H and O–H groups in total. The topological polar surface area (TPSA) is 91.0 Å². The van der Waals surface area contributed by atoms with Gasteiger partial charge < -0.3 is 10.5 Å². The molecule has 0 aliphatic rings. The molecule has 3 aromatic rings. The van der Waals surface area contributed by atoms with E-state index in [4.69, 9.17) is 10.5 Å². The van der Waals surface area contributed by atoms with E-state index in [2.05, 4.69) is 15.0 Å². The largest absolute Gasteiger partial charge is 0.469 e. The molecule has 11 heteroatoms. The lowest BCUT2D eigenvalue weighted by atomic mass is 9.99. The van der Waals surface area contributed by atoms with E-state index in [0.29, 0.717) is 12.5 Å². The summed E-state index contributed by atoms with van der Waals surface area (Å²) in [5.74, 6) is -4.62. The third-order valence-corrected chi connectivity index (χ3v) is 4.71. The molecule has 0 saturated heterocycles. The Balaban J connectivity index is 2.10. The maximum Gasteiger partial charge on any atom is 0.280 e. The van der Waals surface area contributed by atoms with Gasteiger partial charge in [0.1, 0.15) is 18.1 Å². The molecule has 0 bridgehead atoms. The number of ether oxygens (including phenoxy) is 1. The quantitative estimate of drug-likeness (QED) is 0.404. The normalized spacial score (nSPS) is 11.6. The van der Waals surface area contributed by atoms with Crippen LogP contribution in [-0.4, -0.2) is 33.3 Å². The van der Waals surface area contributed by atoms with Crippen molar-refractivity contribution in [2.45, 2.75) is 39.0 Å². The summed E-state index contributed by atoms with van der Waals surface area (Å²) in [5.41, 5.74) is 6.39. The highest BCUT2D eigenvalue weighted by Gasteiger charge is 2.24. The molecule has 6 nitrogen and oxygen atoms in total. The van der Waals surface area contributed by atoms with Gasteiger partial charge in [0.05, 0.1) is 11.3 Å². The lowest BCUT2D eigenvalue weighted by Crippen LogP contribution is -2.18. The summed E-state index contributed by atoms with van der Waals surface area (Å²) in [6.07, 6.45) is -3.96. The van der Waals surface area contributed by atoms with Crippen molar-refractivity contribution in [3.8, 4) is 28.3 Å². The number of pyridine rings is 1. The molecular formula is C23H21F5N4O2. The van der Waals surface area contributed by atoms with Crippen LogP contribution in [0.25, 0.3) is 22.4 Å². The molecule has 180 valence electrons. The number of carbonyl (C=O) groups excluding carboxylic acids is 1. The van der Waals surface area contributed by atoms with Crippen LogP contribution >= 0.6 is 0 Å². The number of hydrogen-bond acceptors (Lipinski definition) is 6. The van der Waals surface area contributed by atoms with Gasteiger partial charge in [0.25, 0.3) is 6.43 Å². The second-order valence-electron chi connectivity index (χ2n) is 7.74.